The lowest BCUT2D eigenvalue weighted by molar-refractivity contribution is 0.0953. The molecule has 10 heteroatoms. The molecule has 3 N–H and O–H groups in total. The van der Waals surface area contributed by atoms with Crippen molar-refractivity contribution in [2.24, 2.45) is 5.10 Å². The van der Waals surface area contributed by atoms with Crippen LogP contribution in [0.15, 0.2) is 70.2 Å². The van der Waals surface area contributed by atoms with Crippen molar-refractivity contribution in [1.82, 2.24) is 5.43 Å². The number of nitriles is 1. The normalized spacial score (nSPS) is 10.7. The van der Waals surface area contributed by atoms with E-state index >= 15 is 0 Å². The van der Waals surface area contributed by atoms with E-state index in [9.17, 15) is 14.7 Å². The number of nitrogens with one attached hydrogen (secondary N) is 2. The van der Waals surface area contributed by atoms with Crippen molar-refractivity contribution < 1.29 is 28.6 Å². The molecule has 0 fully saturated rings. The minimum atomic E-state index is -0.561. The smallest absolute Gasteiger partial charge is 0.291 e. The number of benzene rings is 3. The highest BCUT2D eigenvalue weighted by Gasteiger charge is 2.14. The van der Waals surface area contributed by atoms with Gasteiger partial charge in [-0.15, -0.1) is 0 Å². The number of phenolic OH excluding ortho intramolecular Hbond substituents is 1. The molecule has 0 atom stereocenters. The Bertz CT molecular complexity index is 1530. The van der Waals surface area contributed by atoms with Gasteiger partial charge in [0.05, 0.1) is 26.0 Å². The first-order chi connectivity index (χ1) is 17.4. The van der Waals surface area contributed by atoms with E-state index in [0.29, 0.717) is 28.3 Å². The SMILES string of the molecule is COc1ccc2oc(C(=O)Nc3ccc(C=NNC(=O)c4ccc(O)c(C#N)c4)c(OC)c3)cc2c1. The minimum Gasteiger partial charge on any atom is -0.507 e. The number of phenols is 1. The summed E-state index contributed by atoms with van der Waals surface area (Å²) in [6, 6.07) is 17.5. The third-order valence-electron chi connectivity index (χ3n) is 5.19. The van der Waals surface area contributed by atoms with Crippen LogP contribution in [-0.4, -0.2) is 37.4 Å². The molecule has 0 aliphatic heterocycles. The van der Waals surface area contributed by atoms with E-state index in [4.69, 9.17) is 19.2 Å². The Morgan fingerprint density at radius 1 is 1.03 bits per heavy atom. The largest absolute Gasteiger partial charge is 0.507 e. The molecular formula is C26H20N4O6. The van der Waals surface area contributed by atoms with Gasteiger partial charge in [0.25, 0.3) is 11.8 Å². The maximum atomic E-state index is 12.7. The maximum absolute atomic E-state index is 12.7. The molecule has 0 aliphatic carbocycles. The first-order valence-corrected chi connectivity index (χ1v) is 10.6. The lowest BCUT2D eigenvalue weighted by Crippen LogP contribution is -2.17. The van der Waals surface area contributed by atoms with Gasteiger partial charge in [-0.05, 0) is 54.6 Å². The molecular weight excluding hydrogens is 464 g/mol. The molecule has 36 heavy (non-hydrogen) atoms. The van der Waals surface area contributed by atoms with Crippen molar-refractivity contribution in [2.45, 2.75) is 0 Å². The molecule has 4 aromatic rings. The van der Waals surface area contributed by atoms with Gasteiger partial charge in [0, 0.05) is 28.3 Å². The molecule has 10 nitrogen and oxygen atoms in total. The molecule has 1 aromatic heterocycles. The van der Waals surface area contributed by atoms with Gasteiger partial charge in [-0.25, -0.2) is 5.43 Å². The van der Waals surface area contributed by atoms with Gasteiger partial charge < -0.3 is 24.3 Å². The molecule has 0 saturated carbocycles. The van der Waals surface area contributed by atoms with Crippen LogP contribution in [0.3, 0.4) is 0 Å². The molecule has 0 saturated heterocycles. The summed E-state index contributed by atoms with van der Waals surface area (Å²) in [7, 11) is 3.02. The summed E-state index contributed by atoms with van der Waals surface area (Å²) >= 11 is 0. The minimum absolute atomic E-state index is 0.0201. The van der Waals surface area contributed by atoms with E-state index in [1.54, 1.807) is 55.6 Å². The summed E-state index contributed by atoms with van der Waals surface area (Å²) in [5.74, 6) is -0.0186. The van der Waals surface area contributed by atoms with Crippen molar-refractivity contribution in [2.75, 3.05) is 19.5 Å². The fourth-order valence-corrected chi connectivity index (χ4v) is 3.34. The van der Waals surface area contributed by atoms with Crippen molar-refractivity contribution in [3.63, 3.8) is 0 Å². The zero-order chi connectivity index (χ0) is 25.7. The Kier molecular flexibility index (Phi) is 6.83. The summed E-state index contributed by atoms with van der Waals surface area (Å²) in [4.78, 5) is 25.0. The maximum Gasteiger partial charge on any atom is 0.291 e. The van der Waals surface area contributed by atoms with Crippen LogP contribution in [0.5, 0.6) is 17.2 Å². The van der Waals surface area contributed by atoms with Crippen LogP contribution in [0.4, 0.5) is 5.69 Å². The average molecular weight is 484 g/mol. The second kappa shape index (κ2) is 10.3. The fourth-order valence-electron chi connectivity index (χ4n) is 3.34. The second-order valence-corrected chi connectivity index (χ2v) is 7.47. The van der Waals surface area contributed by atoms with Gasteiger partial charge in [0.1, 0.15) is 28.9 Å². The zero-order valence-corrected chi connectivity index (χ0v) is 19.2. The highest BCUT2D eigenvalue weighted by Crippen LogP contribution is 2.26. The van der Waals surface area contributed by atoms with Crippen LogP contribution < -0.4 is 20.2 Å². The summed E-state index contributed by atoms with van der Waals surface area (Å²) in [5.41, 5.74) is 4.05. The number of amides is 2. The van der Waals surface area contributed by atoms with Gasteiger partial charge in [-0.1, -0.05) is 0 Å². The van der Waals surface area contributed by atoms with Gasteiger partial charge >= 0.3 is 0 Å². The number of aromatic hydroxyl groups is 1. The molecule has 0 bridgehead atoms. The Morgan fingerprint density at radius 2 is 1.86 bits per heavy atom. The van der Waals surface area contributed by atoms with Gasteiger partial charge in [0.15, 0.2) is 5.76 Å². The van der Waals surface area contributed by atoms with Crippen molar-refractivity contribution in [1.29, 1.82) is 5.26 Å². The fraction of sp³-hybridized carbons (Fsp3) is 0.0769. The molecule has 1 heterocycles. The van der Waals surface area contributed by atoms with Crippen LogP contribution in [0, 0.1) is 11.3 Å². The van der Waals surface area contributed by atoms with Crippen LogP contribution in [0.1, 0.15) is 32.0 Å². The molecule has 0 unspecified atom stereocenters. The standard InChI is InChI=1S/C26H20N4O6/c1-34-20-6-8-22-17(10-20)11-24(36-22)26(33)29-19-5-3-16(23(12-19)35-2)14-28-30-25(32)15-4-7-21(31)18(9-15)13-27/h3-12,14,31H,1-2H3,(H,29,33)(H,30,32). The second-order valence-electron chi connectivity index (χ2n) is 7.47. The number of anilines is 1. The van der Waals surface area contributed by atoms with Crippen LogP contribution in [-0.2, 0) is 0 Å². The summed E-state index contributed by atoms with van der Waals surface area (Å²) in [6.45, 7) is 0. The number of ether oxygens (including phenoxy) is 2. The van der Waals surface area contributed by atoms with E-state index in [0.717, 1.165) is 5.39 Å². The van der Waals surface area contributed by atoms with Gasteiger partial charge in [0.2, 0.25) is 0 Å². The van der Waals surface area contributed by atoms with Crippen LogP contribution >= 0.6 is 0 Å². The lowest BCUT2D eigenvalue weighted by atomic mass is 10.1. The third kappa shape index (κ3) is 5.10. The quantitative estimate of drug-likeness (QED) is 0.265. The molecule has 0 spiro atoms. The number of hydrogen-bond donors (Lipinski definition) is 3. The zero-order valence-electron chi connectivity index (χ0n) is 19.2. The predicted octanol–water partition coefficient (Wildman–Crippen LogP) is 4.04. The molecule has 2 amide bonds. The number of rotatable bonds is 7. The van der Waals surface area contributed by atoms with Gasteiger partial charge in [-0.2, -0.15) is 10.4 Å². The first kappa shape index (κ1) is 23.8. The van der Waals surface area contributed by atoms with E-state index in [1.165, 1.54) is 31.5 Å². The number of carbonyl (C=O) groups is 2. The summed E-state index contributed by atoms with van der Waals surface area (Å²) < 4.78 is 16.2. The predicted molar refractivity (Wildman–Crippen MR) is 132 cm³/mol. The first-order valence-electron chi connectivity index (χ1n) is 10.6. The Balaban J connectivity index is 1.44. The number of fused-ring (bicyclic) bond motifs is 1. The van der Waals surface area contributed by atoms with E-state index in [2.05, 4.69) is 15.8 Å². The molecule has 0 aliphatic rings. The average Bonchev–Trinajstić information content (AvgIpc) is 3.33. The number of nitrogens with zero attached hydrogens (tertiary/aromatic N) is 2. The summed E-state index contributed by atoms with van der Waals surface area (Å²) in [6.07, 6.45) is 1.38. The number of carbonyl (C=O) groups excluding carboxylic acids is 2. The van der Waals surface area contributed by atoms with Crippen molar-refractivity contribution >= 4 is 34.7 Å². The summed E-state index contributed by atoms with van der Waals surface area (Å²) in [5, 5.41) is 26.0. The topological polar surface area (TPSA) is 146 Å². The highest BCUT2D eigenvalue weighted by atomic mass is 16.5. The number of furan rings is 1. The van der Waals surface area contributed by atoms with E-state index < -0.39 is 11.8 Å². The van der Waals surface area contributed by atoms with E-state index in [-0.39, 0.29) is 22.6 Å². The lowest BCUT2D eigenvalue weighted by Gasteiger charge is -2.09. The number of hydrazone groups is 1. The molecule has 0 radical (unpaired) electrons. The third-order valence-corrected chi connectivity index (χ3v) is 5.19. The van der Waals surface area contributed by atoms with Crippen LogP contribution in [0.25, 0.3) is 11.0 Å². The Morgan fingerprint density at radius 3 is 2.61 bits per heavy atom. The van der Waals surface area contributed by atoms with Crippen LogP contribution in [0.2, 0.25) is 0 Å². The number of methoxy groups -OCH3 is 2. The Hall–Kier alpha value is -5.30. The molecule has 3 aromatic carbocycles. The van der Waals surface area contributed by atoms with E-state index in [1.807, 2.05) is 0 Å². The molecule has 4 rings (SSSR count). The molecule has 180 valence electrons. The van der Waals surface area contributed by atoms with Gasteiger partial charge in [-0.3, -0.25) is 9.59 Å². The van der Waals surface area contributed by atoms with Crippen molar-refractivity contribution in [3.8, 4) is 23.3 Å². The number of hydrogen-bond acceptors (Lipinski definition) is 8. The monoisotopic (exact) mass is 484 g/mol. The Labute approximate surface area is 205 Å². The van der Waals surface area contributed by atoms with Crippen molar-refractivity contribution in [3.05, 3.63) is 83.1 Å². The highest BCUT2D eigenvalue weighted by molar-refractivity contribution is 6.05.